The molecule has 0 fully saturated rings. The number of benzene rings is 2. The Morgan fingerprint density at radius 2 is 1.92 bits per heavy atom. The summed E-state index contributed by atoms with van der Waals surface area (Å²) in [6.07, 6.45) is 0.982. The molecule has 0 aliphatic heterocycles. The van der Waals surface area contributed by atoms with Crippen LogP contribution in [-0.2, 0) is 6.42 Å². The van der Waals surface area contributed by atoms with Crippen LogP contribution in [0.15, 0.2) is 48.5 Å². The van der Waals surface area contributed by atoms with Crippen LogP contribution in [0.4, 0.5) is 10.5 Å². The zero-order chi connectivity index (χ0) is 17.4. The van der Waals surface area contributed by atoms with Gasteiger partial charge >= 0.3 is 6.03 Å². The van der Waals surface area contributed by atoms with E-state index in [1.165, 1.54) is 5.56 Å². The average Bonchev–Trinajstić information content (AvgIpc) is 2.60. The summed E-state index contributed by atoms with van der Waals surface area (Å²) in [6.45, 7) is 7.64. The first kappa shape index (κ1) is 17.9. The largest absolute Gasteiger partial charge is 0.492 e. The highest BCUT2D eigenvalue weighted by atomic mass is 16.5. The van der Waals surface area contributed by atoms with Gasteiger partial charge in [0.25, 0.3) is 0 Å². The van der Waals surface area contributed by atoms with Crippen molar-refractivity contribution < 1.29 is 9.53 Å². The lowest BCUT2D eigenvalue weighted by Crippen LogP contribution is -2.41. The van der Waals surface area contributed by atoms with Gasteiger partial charge in [0.1, 0.15) is 12.4 Å². The highest BCUT2D eigenvalue weighted by Gasteiger charge is 2.13. The fourth-order valence-corrected chi connectivity index (χ4v) is 2.52. The number of nitrogens with zero attached hydrogens (tertiary/aromatic N) is 1. The van der Waals surface area contributed by atoms with Gasteiger partial charge in [0.2, 0.25) is 0 Å². The van der Waals surface area contributed by atoms with Crippen molar-refractivity contribution in [3.8, 4) is 5.75 Å². The zero-order valence-electron chi connectivity index (χ0n) is 14.7. The Kier molecular flexibility index (Phi) is 6.67. The topological polar surface area (TPSA) is 41.6 Å². The van der Waals surface area contributed by atoms with E-state index in [0.717, 1.165) is 23.4 Å². The van der Waals surface area contributed by atoms with Crippen LogP contribution in [0, 0.1) is 6.92 Å². The molecule has 24 heavy (non-hydrogen) atoms. The Bertz CT molecular complexity index is 670. The lowest BCUT2D eigenvalue weighted by atomic mass is 10.2. The molecule has 0 saturated carbocycles. The number of hydrogen-bond donors (Lipinski definition) is 1. The maximum absolute atomic E-state index is 12.4. The summed E-state index contributed by atoms with van der Waals surface area (Å²) < 4.78 is 5.70. The predicted molar refractivity (Wildman–Crippen MR) is 98.9 cm³/mol. The number of rotatable bonds is 7. The van der Waals surface area contributed by atoms with Gasteiger partial charge in [0.05, 0.1) is 6.54 Å². The maximum atomic E-state index is 12.4. The van der Waals surface area contributed by atoms with Gasteiger partial charge in [-0.25, -0.2) is 4.79 Å². The van der Waals surface area contributed by atoms with E-state index in [2.05, 4.69) is 18.3 Å². The summed E-state index contributed by atoms with van der Waals surface area (Å²) in [5.74, 6) is 0.842. The molecule has 0 spiro atoms. The molecule has 1 N–H and O–H groups in total. The second kappa shape index (κ2) is 8.96. The van der Waals surface area contributed by atoms with Crippen molar-refractivity contribution in [1.82, 2.24) is 5.32 Å². The van der Waals surface area contributed by atoms with Gasteiger partial charge in [-0.15, -0.1) is 0 Å². The Labute approximate surface area is 144 Å². The number of amides is 2. The third kappa shape index (κ3) is 5.01. The lowest BCUT2D eigenvalue weighted by Gasteiger charge is -2.22. The van der Waals surface area contributed by atoms with Crippen LogP contribution >= 0.6 is 0 Å². The van der Waals surface area contributed by atoms with Gasteiger partial charge in [0, 0.05) is 12.2 Å². The minimum absolute atomic E-state index is 0.103. The van der Waals surface area contributed by atoms with E-state index in [1.807, 2.05) is 56.3 Å². The Hall–Kier alpha value is -2.49. The number of carbonyl (C=O) groups is 1. The smallest absolute Gasteiger partial charge is 0.321 e. The minimum Gasteiger partial charge on any atom is -0.492 e. The van der Waals surface area contributed by atoms with Crippen LogP contribution in [0.1, 0.15) is 25.0 Å². The SMILES string of the molecule is CCc1cccc(OCCNC(=O)N(CC)c2cccc(C)c2)c1. The summed E-state index contributed by atoms with van der Waals surface area (Å²) in [6, 6.07) is 15.9. The van der Waals surface area contributed by atoms with Crippen molar-refractivity contribution in [1.29, 1.82) is 0 Å². The monoisotopic (exact) mass is 326 g/mol. The van der Waals surface area contributed by atoms with Gasteiger partial charge in [-0.2, -0.15) is 0 Å². The Morgan fingerprint density at radius 1 is 1.12 bits per heavy atom. The molecule has 0 aliphatic rings. The molecule has 0 unspecified atom stereocenters. The molecular weight excluding hydrogens is 300 g/mol. The molecule has 2 aromatic carbocycles. The quantitative estimate of drug-likeness (QED) is 0.776. The number of aryl methyl sites for hydroxylation is 2. The molecule has 0 atom stereocenters. The average molecular weight is 326 g/mol. The van der Waals surface area contributed by atoms with E-state index < -0.39 is 0 Å². The van der Waals surface area contributed by atoms with Crippen LogP contribution in [0.5, 0.6) is 5.75 Å². The summed E-state index contributed by atoms with van der Waals surface area (Å²) in [7, 11) is 0. The maximum Gasteiger partial charge on any atom is 0.321 e. The molecule has 0 heterocycles. The van der Waals surface area contributed by atoms with Gasteiger partial charge < -0.3 is 10.1 Å². The highest BCUT2D eigenvalue weighted by Crippen LogP contribution is 2.16. The minimum atomic E-state index is -0.103. The number of anilines is 1. The molecule has 2 rings (SSSR count). The third-order valence-electron chi connectivity index (χ3n) is 3.83. The van der Waals surface area contributed by atoms with E-state index in [9.17, 15) is 4.79 Å². The lowest BCUT2D eigenvalue weighted by molar-refractivity contribution is 0.242. The molecule has 4 nitrogen and oxygen atoms in total. The van der Waals surface area contributed by atoms with Crippen molar-refractivity contribution in [2.75, 3.05) is 24.6 Å². The van der Waals surface area contributed by atoms with Gasteiger partial charge in [-0.1, -0.05) is 31.2 Å². The van der Waals surface area contributed by atoms with Gasteiger partial charge in [-0.3, -0.25) is 4.90 Å². The van der Waals surface area contributed by atoms with Crippen molar-refractivity contribution in [3.05, 3.63) is 59.7 Å². The molecule has 0 saturated heterocycles. The molecule has 0 bridgehead atoms. The summed E-state index contributed by atoms with van der Waals surface area (Å²) in [5, 5.41) is 2.91. The fraction of sp³-hybridized carbons (Fsp3) is 0.350. The number of hydrogen-bond acceptors (Lipinski definition) is 2. The third-order valence-corrected chi connectivity index (χ3v) is 3.83. The first-order valence-electron chi connectivity index (χ1n) is 8.47. The van der Waals surface area contributed by atoms with Crippen LogP contribution < -0.4 is 15.0 Å². The van der Waals surface area contributed by atoms with Crippen LogP contribution in [-0.4, -0.2) is 25.7 Å². The predicted octanol–water partition coefficient (Wildman–Crippen LogP) is 4.17. The number of nitrogens with one attached hydrogen (secondary N) is 1. The van der Waals surface area contributed by atoms with Crippen LogP contribution in [0.25, 0.3) is 0 Å². The molecule has 0 radical (unpaired) electrons. The second-order valence-electron chi connectivity index (χ2n) is 5.66. The molecular formula is C20H26N2O2. The zero-order valence-corrected chi connectivity index (χ0v) is 14.7. The van der Waals surface area contributed by atoms with Crippen molar-refractivity contribution in [2.24, 2.45) is 0 Å². The van der Waals surface area contributed by atoms with Crippen molar-refractivity contribution >= 4 is 11.7 Å². The van der Waals surface area contributed by atoms with Gasteiger partial charge in [-0.05, 0) is 55.7 Å². The van der Waals surface area contributed by atoms with E-state index >= 15 is 0 Å². The van der Waals surface area contributed by atoms with E-state index in [1.54, 1.807) is 4.90 Å². The normalized spacial score (nSPS) is 10.3. The van der Waals surface area contributed by atoms with Crippen molar-refractivity contribution in [2.45, 2.75) is 27.2 Å². The number of carbonyl (C=O) groups excluding carboxylic acids is 1. The Morgan fingerprint density at radius 3 is 2.62 bits per heavy atom. The molecule has 2 aromatic rings. The second-order valence-corrected chi connectivity index (χ2v) is 5.66. The molecule has 0 aliphatic carbocycles. The number of urea groups is 1. The highest BCUT2D eigenvalue weighted by molar-refractivity contribution is 5.91. The summed E-state index contributed by atoms with van der Waals surface area (Å²) >= 11 is 0. The van der Waals surface area contributed by atoms with E-state index in [-0.39, 0.29) is 6.03 Å². The molecule has 0 aromatic heterocycles. The molecule has 4 heteroatoms. The fourth-order valence-electron chi connectivity index (χ4n) is 2.52. The van der Waals surface area contributed by atoms with E-state index in [4.69, 9.17) is 4.74 Å². The standard InChI is InChI=1S/C20H26N2O2/c1-4-17-9-7-11-19(15-17)24-13-12-21-20(23)22(5-2)18-10-6-8-16(3)14-18/h6-11,14-15H,4-5,12-13H2,1-3H3,(H,21,23). The first-order valence-corrected chi connectivity index (χ1v) is 8.47. The molecule has 2 amide bonds. The van der Waals surface area contributed by atoms with Crippen molar-refractivity contribution in [3.63, 3.8) is 0 Å². The number of ether oxygens (including phenoxy) is 1. The van der Waals surface area contributed by atoms with Crippen LogP contribution in [0.3, 0.4) is 0 Å². The van der Waals surface area contributed by atoms with E-state index in [0.29, 0.717) is 19.7 Å². The molecule has 128 valence electrons. The first-order chi connectivity index (χ1) is 11.6. The Balaban J connectivity index is 1.83. The summed E-state index contributed by atoms with van der Waals surface area (Å²) in [5.41, 5.74) is 3.29. The van der Waals surface area contributed by atoms with Crippen LogP contribution in [0.2, 0.25) is 0 Å². The summed E-state index contributed by atoms with van der Waals surface area (Å²) in [4.78, 5) is 14.1. The van der Waals surface area contributed by atoms with Gasteiger partial charge in [0.15, 0.2) is 0 Å².